The second-order valence-electron chi connectivity index (χ2n) is 4.00. The van der Waals surface area contributed by atoms with E-state index >= 15 is 0 Å². The molecule has 19 heavy (non-hydrogen) atoms. The molecular weight excluding hydrogens is 311 g/mol. The van der Waals surface area contributed by atoms with Gasteiger partial charge in [-0.15, -0.1) is 0 Å². The van der Waals surface area contributed by atoms with Crippen LogP contribution in [0.1, 0.15) is 12.0 Å². The lowest BCUT2D eigenvalue weighted by Crippen LogP contribution is -2.28. The number of benzene rings is 1. The summed E-state index contributed by atoms with van der Waals surface area (Å²) in [6, 6.07) is 4.94. The molecule has 0 atom stereocenters. The third-order valence-electron chi connectivity index (χ3n) is 2.28. The predicted molar refractivity (Wildman–Crippen MR) is 75.8 cm³/mol. The summed E-state index contributed by atoms with van der Waals surface area (Å²) in [5.74, 6) is -0.368. The summed E-state index contributed by atoms with van der Waals surface area (Å²) in [5, 5.41) is 8.26. The third-order valence-corrected chi connectivity index (χ3v) is 3.87. The van der Waals surface area contributed by atoms with Gasteiger partial charge in [-0.3, -0.25) is 4.79 Å². The lowest BCUT2D eigenvalue weighted by atomic mass is 10.1. The smallest absolute Gasteiger partial charge is 0.224 e. The highest BCUT2D eigenvalue weighted by Gasteiger charge is 2.06. The van der Waals surface area contributed by atoms with Gasteiger partial charge < -0.3 is 5.32 Å². The molecule has 0 radical (unpaired) electrons. The van der Waals surface area contributed by atoms with Crippen molar-refractivity contribution in [1.29, 1.82) is 0 Å². The van der Waals surface area contributed by atoms with Gasteiger partial charge in [0.2, 0.25) is 15.9 Å². The summed E-state index contributed by atoms with van der Waals surface area (Å²) in [7, 11) is -3.47. The molecule has 0 aliphatic carbocycles. The molecule has 8 heteroatoms. The second-order valence-corrected chi connectivity index (χ2v) is 6.54. The number of hydrogen-bond acceptors (Lipinski definition) is 3. The molecule has 0 heterocycles. The van der Waals surface area contributed by atoms with Gasteiger partial charge in [0.15, 0.2) is 0 Å². The lowest BCUT2D eigenvalue weighted by molar-refractivity contribution is -0.120. The van der Waals surface area contributed by atoms with Gasteiger partial charge in [0.05, 0.1) is 22.2 Å². The second kappa shape index (κ2) is 7.09. The van der Waals surface area contributed by atoms with Crippen LogP contribution in [-0.2, 0) is 21.2 Å². The van der Waals surface area contributed by atoms with Crippen molar-refractivity contribution in [3.63, 3.8) is 0 Å². The first-order valence-corrected chi connectivity index (χ1v) is 7.96. The summed E-state index contributed by atoms with van der Waals surface area (Å²) in [6.45, 7) is 0.261. The zero-order chi connectivity index (χ0) is 14.5. The standard InChI is InChI=1S/C11H14Cl2N2O3S/c12-9-3-2-8(6-10(9)13)7-11(16)15-4-1-5-19(14,17)18/h2-3,6H,1,4-5,7H2,(H,15,16)(H2,14,17,18). The van der Waals surface area contributed by atoms with E-state index < -0.39 is 10.0 Å². The Morgan fingerprint density at radius 2 is 1.95 bits per heavy atom. The van der Waals surface area contributed by atoms with Crippen LogP contribution in [0.5, 0.6) is 0 Å². The SMILES string of the molecule is NS(=O)(=O)CCCNC(=O)Cc1ccc(Cl)c(Cl)c1. The Hall–Kier alpha value is -0.820. The van der Waals surface area contributed by atoms with Crippen LogP contribution < -0.4 is 10.5 Å². The maximum Gasteiger partial charge on any atom is 0.224 e. The molecular formula is C11H14Cl2N2O3S. The number of nitrogens with two attached hydrogens (primary N) is 1. The Labute approximate surface area is 122 Å². The van der Waals surface area contributed by atoms with Crippen LogP contribution in [0.15, 0.2) is 18.2 Å². The Kier molecular flexibility index (Phi) is 6.06. The number of halogens is 2. The molecule has 0 aliphatic rings. The number of nitrogens with one attached hydrogen (secondary N) is 1. The number of primary sulfonamides is 1. The number of amides is 1. The Balaban J connectivity index is 2.37. The van der Waals surface area contributed by atoms with E-state index in [-0.39, 0.29) is 31.0 Å². The molecule has 0 unspecified atom stereocenters. The van der Waals surface area contributed by atoms with Crippen LogP contribution >= 0.6 is 23.2 Å². The van der Waals surface area contributed by atoms with Gasteiger partial charge >= 0.3 is 0 Å². The summed E-state index contributed by atoms with van der Waals surface area (Å²) in [4.78, 5) is 11.6. The summed E-state index contributed by atoms with van der Waals surface area (Å²) >= 11 is 11.6. The topological polar surface area (TPSA) is 89.3 Å². The number of carbonyl (C=O) groups is 1. The van der Waals surface area contributed by atoms with Gasteiger partial charge in [0.1, 0.15) is 0 Å². The van der Waals surface area contributed by atoms with E-state index in [9.17, 15) is 13.2 Å². The molecule has 0 fully saturated rings. The Morgan fingerprint density at radius 1 is 1.26 bits per heavy atom. The normalized spacial score (nSPS) is 11.3. The predicted octanol–water partition coefficient (Wildman–Crippen LogP) is 1.33. The van der Waals surface area contributed by atoms with Crippen molar-refractivity contribution in [1.82, 2.24) is 5.32 Å². The molecule has 1 amide bonds. The molecule has 0 saturated carbocycles. The molecule has 5 nitrogen and oxygen atoms in total. The number of carbonyl (C=O) groups excluding carboxylic acids is 1. The number of sulfonamides is 1. The molecule has 1 aromatic rings. The fraction of sp³-hybridized carbons (Fsp3) is 0.364. The fourth-order valence-electron chi connectivity index (χ4n) is 1.40. The average molecular weight is 325 g/mol. The number of hydrogen-bond donors (Lipinski definition) is 2. The van der Waals surface area contributed by atoms with Crippen molar-refractivity contribution in [2.75, 3.05) is 12.3 Å². The van der Waals surface area contributed by atoms with Gasteiger partial charge in [0.25, 0.3) is 0 Å². The van der Waals surface area contributed by atoms with Crippen molar-refractivity contribution in [3.8, 4) is 0 Å². The van der Waals surface area contributed by atoms with Gasteiger partial charge in [-0.1, -0.05) is 29.3 Å². The van der Waals surface area contributed by atoms with E-state index in [4.69, 9.17) is 28.3 Å². The molecule has 0 saturated heterocycles. The van der Waals surface area contributed by atoms with Crippen molar-refractivity contribution < 1.29 is 13.2 Å². The minimum absolute atomic E-state index is 0.153. The minimum Gasteiger partial charge on any atom is -0.356 e. The quantitative estimate of drug-likeness (QED) is 0.773. The van der Waals surface area contributed by atoms with Crippen molar-refractivity contribution in [2.24, 2.45) is 5.14 Å². The van der Waals surface area contributed by atoms with Gasteiger partial charge in [-0.25, -0.2) is 13.6 Å². The molecule has 106 valence electrons. The Bertz CT molecular complexity index is 561. The van der Waals surface area contributed by atoms with Crippen LogP contribution in [0.2, 0.25) is 10.0 Å². The van der Waals surface area contributed by atoms with E-state index in [1.807, 2.05) is 0 Å². The zero-order valence-corrected chi connectivity index (χ0v) is 12.4. The van der Waals surface area contributed by atoms with Crippen LogP contribution in [0.4, 0.5) is 0 Å². The maximum absolute atomic E-state index is 11.6. The molecule has 0 aliphatic heterocycles. The van der Waals surface area contributed by atoms with Crippen LogP contribution in [0.3, 0.4) is 0 Å². The first kappa shape index (κ1) is 16.2. The molecule has 0 bridgehead atoms. The first-order valence-electron chi connectivity index (χ1n) is 5.49. The average Bonchev–Trinajstić information content (AvgIpc) is 2.28. The fourth-order valence-corrected chi connectivity index (χ4v) is 2.27. The van der Waals surface area contributed by atoms with E-state index in [1.165, 1.54) is 0 Å². The summed E-state index contributed by atoms with van der Waals surface area (Å²) in [5.41, 5.74) is 0.735. The number of rotatable bonds is 6. The highest BCUT2D eigenvalue weighted by Crippen LogP contribution is 2.22. The van der Waals surface area contributed by atoms with Crippen molar-refractivity contribution in [3.05, 3.63) is 33.8 Å². The zero-order valence-electron chi connectivity index (χ0n) is 10.0. The van der Waals surface area contributed by atoms with Crippen molar-refractivity contribution in [2.45, 2.75) is 12.8 Å². The minimum atomic E-state index is -3.47. The Morgan fingerprint density at radius 3 is 2.53 bits per heavy atom. The monoisotopic (exact) mass is 324 g/mol. The van der Waals surface area contributed by atoms with Crippen LogP contribution in [-0.4, -0.2) is 26.6 Å². The molecule has 0 aromatic heterocycles. The van der Waals surface area contributed by atoms with Crippen molar-refractivity contribution >= 4 is 39.1 Å². The maximum atomic E-state index is 11.6. The highest BCUT2D eigenvalue weighted by atomic mass is 35.5. The largest absolute Gasteiger partial charge is 0.356 e. The van der Waals surface area contributed by atoms with Gasteiger partial charge in [0, 0.05) is 6.54 Å². The van der Waals surface area contributed by atoms with Gasteiger partial charge in [-0.2, -0.15) is 0 Å². The molecule has 0 spiro atoms. The summed E-state index contributed by atoms with van der Waals surface area (Å²) < 4.78 is 21.3. The van der Waals surface area contributed by atoms with E-state index in [1.54, 1.807) is 18.2 Å². The van der Waals surface area contributed by atoms with E-state index in [0.29, 0.717) is 10.0 Å². The van der Waals surface area contributed by atoms with Gasteiger partial charge in [-0.05, 0) is 24.1 Å². The van der Waals surface area contributed by atoms with Crippen LogP contribution in [0, 0.1) is 0 Å². The molecule has 1 aromatic carbocycles. The van der Waals surface area contributed by atoms with Crippen LogP contribution in [0.25, 0.3) is 0 Å². The first-order chi connectivity index (χ1) is 8.78. The van der Waals surface area contributed by atoms with E-state index in [2.05, 4.69) is 5.32 Å². The molecule has 3 N–H and O–H groups in total. The van der Waals surface area contributed by atoms with E-state index in [0.717, 1.165) is 5.56 Å². The third kappa shape index (κ3) is 6.77. The summed E-state index contributed by atoms with van der Waals surface area (Å²) in [6.07, 6.45) is 0.443. The molecule has 1 rings (SSSR count). The highest BCUT2D eigenvalue weighted by molar-refractivity contribution is 7.89. The lowest BCUT2D eigenvalue weighted by Gasteiger charge is -2.05.